The molecule has 0 fully saturated rings. The van der Waals surface area contributed by atoms with Crippen LogP contribution in [0.4, 0.5) is 0 Å². The van der Waals surface area contributed by atoms with Crippen molar-refractivity contribution in [1.29, 1.82) is 0 Å². The van der Waals surface area contributed by atoms with E-state index in [1.165, 1.54) is 16.7 Å². The van der Waals surface area contributed by atoms with Crippen LogP contribution in [0, 0.1) is 12.3 Å². The standard InChI is InChI=1S/C17H29O3P/c1-12-10-13(16(2,3)4)8-9-14(12)15(17(5,6)7)11-20-21(18)19/h8-10,15,18-19H,11H2,1-7H3. The molecule has 0 saturated heterocycles. The molecule has 0 spiro atoms. The van der Waals surface area contributed by atoms with Crippen LogP contribution in [0.2, 0.25) is 0 Å². The summed E-state index contributed by atoms with van der Waals surface area (Å²) in [5.41, 5.74) is 3.86. The molecule has 0 amide bonds. The Morgan fingerprint density at radius 1 is 1.10 bits per heavy atom. The maximum absolute atomic E-state index is 9.03. The Morgan fingerprint density at radius 3 is 2.05 bits per heavy atom. The molecule has 0 aromatic heterocycles. The Balaban J connectivity index is 3.14. The van der Waals surface area contributed by atoms with Crippen LogP contribution in [-0.2, 0) is 9.94 Å². The Kier molecular flexibility index (Phi) is 5.97. The maximum atomic E-state index is 9.03. The van der Waals surface area contributed by atoms with Crippen molar-refractivity contribution in [1.82, 2.24) is 0 Å². The molecule has 2 N–H and O–H groups in total. The van der Waals surface area contributed by atoms with Crippen LogP contribution >= 0.6 is 8.60 Å². The summed E-state index contributed by atoms with van der Waals surface area (Å²) in [5, 5.41) is 0. The van der Waals surface area contributed by atoms with Gasteiger partial charge < -0.3 is 14.3 Å². The summed E-state index contributed by atoms with van der Waals surface area (Å²) < 4.78 is 5.11. The Hall–Kier alpha value is -0.470. The molecule has 0 saturated carbocycles. The lowest BCUT2D eigenvalue weighted by atomic mass is 9.74. The van der Waals surface area contributed by atoms with Crippen LogP contribution in [0.15, 0.2) is 18.2 Å². The quantitative estimate of drug-likeness (QED) is 0.796. The highest BCUT2D eigenvalue weighted by Crippen LogP contribution is 2.40. The highest BCUT2D eigenvalue weighted by Gasteiger charge is 2.29. The minimum Gasteiger partial charge on any atom is -0.328 e. The molecule has 0 aliphatic carbocycles. The molecule has 0 radical (unpaired) electrons. The maximum Gasteiger partial charge on any atom is 0.327 e. The van der Waals surface area contributed by atoms with Gasteiger partial charge in [0.25, 0.3) is 0 Å². The Morgan fingerprint density at radius 2 is 1.67 bits per heavy atom. The van der Waals surface area contributed by atoms with Gasteiger partial charge in [0.2, 0.25) is 0 Å². The van der Waals surface area contributed by atoms with Gasteiger partial charge in [-0.3, -0.25) is 0 Å². The number of benzene rings is 1. The van der Waals surface area contributed by atoms with Crippen LogP contribution in [0.3, 0.4) is 0 Å². The third-order valence-corrected chi connectivity index (χ3v) is 4.29. The largest absolute Gasteiger partial charge is 0.328 e. The molecule has 0 bridgehead atoms. The Labute approximate surface area is 130 Å². The van der Waals surface area contributed by atoms with Crippen molar-refractivity contribution < 1.29 is 14.3 Å². The zero-order valence-electron chi connectivity index (χ0n) is 14.3. The zero-order valence-corrected chi connectivity index (χ0v) is 15.2. The second-order valence-corrected chi connectivity index (χ2v) is 8.55. The van der Waals surface area contributed by atoms with Gasteiger partial charge in [0, 0.05) is 5.92 Å². The van der Waals surface area contributed by atoms with Gasteiger partial charge in [0.05, 0.1) is 6.61 Å². The van der Waals surface area contributed by atoms with Gasteiger partial charge in [-0.05, 0) is 34.4 Å². The molecule has 1 rings (SSSR count). The topological polar surface area (TPSA) is 49.7 Å². The first-order chi connectivity index (χ1) is 9.43. The molecular weight excluding hydrogens is 283 g/mol. The normalized spacial score (nSPS) is 14.6. The number of rotatable bonds is 4. The molecule has 1 aromatic rings. The van der Waals surface area contributed by atoms with E-state index in [-0.39, 0.29) is 16.7 Å². The molecule has 1 atom stereocenters. The van der Waals surface area contributed by atoms with Gasteiger partial charge in [-0.2, -0.15) is 0 Å². The average Bonchev–Trinajstić information content (AvgIpc) is 2.27. The summed E-state index contributed by atoms with van der Waals surface area (Å²) in [5.74, 6) is 0.121. The van der Waals surface area contributed by atoms with Gasteiger partial charge in [-0.15, -0.1) is 0 Å². The Bertz CT molecular complexity index is 470. The van der Waals surface area contributed by atoms with Crippen LogP contribution in [0.5, 0.6) is 0 Å². The van der Waals surface area contributed by atoms with E-state index >= 15 is 0 Å². The SMILES string of the molecule is Cc1cc(C(C)(C)C)ccc1C(COP(O)O)C(C)(C)C. The van der Waals surface area contributed by atoms with E-state index < -0.39 is 8.60 Å². The third-order valence-electron chi connectivity index (χ3n) is 3.91. The van der Waals surface area contributed by atoms with Crippen molar-refractivity contribution in [3.05, 3.63) is 34.9 Å². The summed E-state index contributed by atoms with van der Waals surface area (Å²) in [4.78, 5) is 18.1. The lowest BCUT2D eigenvalue weighted by Gasteiger charge is -2.33. The summed E-state index contributed by atoms with van der Waals surface area (Å²) in [6.07, 6.45) is 0. The summed E-state index contributed by atoms with van der Waals surface area (Å²) in [6, 6.07) is 6.56. The van der Waals surface area contributed by atoms with E-state index in [0.29, 0.717) is 6.61 Å². The first-order valence-corrected chi connectivity index (χ1v) is 8.51. The molecule has 120 valence electrons. The zero-order chi connectivity index (χ0) is 16.4. The molecule has 0 heterocycles. The third kappa shape index (κ3) is 5.34. The van der Waals surface area contributed by atoms with Crippen LogP contribution < -0.4 is 0 Å². The lowest BCUT2D eigenvalue weighted by Crippen LogP contribution is -2.24. The van der Waals surface area contributed by atoms with Crippen LogP contribution in [0.25, 0.3) is 0 Å². The van der Waals surface area contributed by atoms with Crippen molar-refractivity contribution >= 4 is 8.60 Å². The molecule has 0 aliphatic heterocycles. The summed E-state index contributed by atoms with van der Waals surface area (Å²) in [6.45, 7) is 15.5. The molecule has 21 heavy (non-hydrogen) atoms. The minimum absolute atomic E-state index is 0.0145. The fraction of sp³-hybridized carbons (Fsp3) is 0.647. The highest BCUT2D eigenvalue weighted by molar-refractivity contribution is 7.39. The van der Waals surface area contributed by atoms with Crippen molar-refractivity contribution in [3.8, 4) is 0 Å². The minimum atomic E-state index is -2.30. The first kappa shape index (κ1) is 18.6. The predicted molar refractivity (Wildman–Crippen MR) is 89.4 cm³/mol. The second kappa shape index (κ2) is 6.75. The van der Waals surface area contributed by atoms with Gasteiger partial charge >= 0.3 is 8.60 Å². The molecule has 4 heteroatoms. The fourth-order valence-electron chi connectivity index (χ4n) is 2.48. The number of aryl methyl sites for hydroxylation is 1. The van der Waals surface area contributed by atoms with Gasteiger partial charge in [-0.25, -0.2) is 0 Å². The van der Waals surface area contributed by atoms with Crippen LogP contribution in [-0.4, -0.2) is 16.4 Å². The molecule has 3 nitrogen and oxygen atoms in total. The fourth-order valence-corrected chi connectivity index (χ4v) is 2.76. The van der Waals surface area contributed by atoms with Crippen molar-refractivity contribution in [2.24, 2.45) is 5.41 Å². The summed E-state index contributed by atoms with van der Waals surface area (Å²) >= 11 is 0. The van der Waals surface area contributed by atoms with Crippen molar-refractivity contribution in [3.63, 3.8) is 0 Å². The second-order valence-electron chi connectivity index (χ2n) is 7.79. The predicted octanol–water partition coefficient (Wildman–Crippen LogP) is 4.65. The monoisotopic (exact) mass is 312 g/mol. The smallest absolute Gasteiger partial charge is 0.327 e. The van der Waals surface area contributed by atoms with Gasteiger partial charge in [0.15, 0.2) is 0 Å². The molecule has 0 aliphatic rings. The van der Waals surface area contributed by atoms with E-state index in [2.05, 4.69) is 66.7 Å². The van der Waals surface area contributed by atoms with Gasteiger partial charge in [0.1, 0.15) is 0 Å². The molecule has 1 unspecified atom stereocenters. The molecule has 1 aromatic carbocycles. The number of hydrogen-bond donors (Lipinski definition) is 2. The van der Waals surface area contributed by atoms with E-state index in [0.717, 1.165) is 0 Å². The van der Waals surface area contributed by atoms with Crippen molar-refractivity contribution in [2.45, 2.75) is 59.8 Å². The number of hydrogen-bond acceptors (Lipinski definition) is 3. The van der Waals surface area contributed by atoms with E-state index in [9.17, 15) is 0 Å². The molecular formula is C17H29O3P. The highest BCUT2D eigenvalue weighted by atomic mass is 31.2. The van der Waals surface area contributed by atoms with E-state index in [1.807, 2.05) is 0 Å². The van der Waals surface area contributed by atoms with E-state index in [4.69, 9.17) is 14.3 Å². The van der Waals surface area contributed by atoms with Crippen molar-refractivity contribution in [2.75, 3.05) is 6.61 Å². The van der Waals surface area contributed by atoms with Gasteiger partial charge in [-0.1, -0.05) is 59.7 Å². The van der Waals surface area contributed by atoms with Crippen LogP contribution in [0.1, 0.15) is 64.2 Å². The van der Waals surface area contributed by atoms with E-state index in [1.54, 1.807) is 0 Å². The average molecular weight is 312 g/mol. The first-order valence-electron chi connectivity index (χ1n) is 7.34. The lowest BCUT2D eigenvalue weighted by molar-refractivity contribution is 0.181. The summed E-state index contributed by atoms with van der Waals surface area (Å²) in [7, 11) is -2.30.